The van der Waals surface area contributed by atoms with Crippen LogP contribution in [0, 0.1) is 0 Å². The van der Waals surface area contributed by atoms with Crippen molar-refractivity contribution in [2.75, 3.05) is 20.2 Å². The maximum atomic E-state index is 6.12. The summed E-state index contributed by atoms with van der Waals surface area (Å²) in [5.41, 5.74) is 5.94. The minimum absolute atomic E-state index is 0.292. The molecule has 1 aliphatic heterocycles. The van der Waals surface area contributed by atoms with E-state index < -0.39 is 0 Å². The van der Waals surface area contributed by atoms with Gasteiger partial charge in [0.25, 0.3) is 0 Å². The molecule has 156 valence electrons. The van der Waals surface area contributed by atoms with Crippen molar-refractivity contribution in [1.82, 2.24) is 14.9 Å². The first-order valence-corrected chi connectivity index (χ1v) is 10.9. The fourth-order valence-electron chi connectivity index (χ4n) is 3.92. The van der Waals surface area contributed by atoms with Crippen molar-refractivity contribution in [3.63, 3.8) is 0 Å². The molecule has 0 fully saturated rings. The summed E-state index contributed by atoms with van der Waals surface area (Å²) in [6.45, 7) is 7.22. The fourth-order valence-corrected chi connectivity index (χ4v) is 4.04. The number of halogens is 1. The summed E-state index contributed by atoms with van der Waals surface area (Å²) in [4.78, 5) is 12.4. The van der Waals surface area contributed by atoms with Crippen LogP contribution < -0.4 is 4.74 Å². The molecule has 0 unspecified atom stereocenters. The Bertz CT molecular complexity index is 1000. The molecule has 4 rings (SSSR count). The van der Waals surface area contributed by atoms with Crippen molar-refractivity contribution in [3.8, 4) is 17.0 Å². The van der Waals surface area contributed by atoms with Gasteiger partial charge in [-0.1, -0.05) is 49.7 Å². The number of nitrogens with zero attached hydrogens (tertiary/aromatic N) is 3. The third-order valence-electron chi connectivity index (χ3n) is 5.65. The van der Waals surface area contributed by atoms with Crippen LogP contribution in [-0.4, -0.2) is 35.1 Å². The van der Waals surface area contributed by atoms with Crippen molar-refractivity contribution in [2.24, 2.45) is 0 Å². The second-order valence-electron chi connectivity index (χ2n) is 8.14. The van der Waals surface area contributed by atoms with Crippen molar-refractivity contribution < 1.29 is 4.74 Å². The van der Waals surface area contributed by atoms with E-state index in [2.05, 4.69) is 43.0 Å². The maximum absolute atomic E-state index is 6.12. The van der Waals surface area contributed by atoms with Gasteiger partial charge in [-0.25, -0.2) is 9.97 Å². The van der Waals surface area contributed by atoms with Crippen molar-refractivity contribution in [1.29, 1.82) is 0 Å². The standard InChI is InChI=1S/C25H28ClN3O/c1-17(2)25-27-23-13-15-29(16-18-4-10-21(30-3)11-5-18)14-12-22(23)24(28-25)19-6-8-20(26)9-7-19/h4-11,17H,12-16H2,1-3H3. The molecule has 2 aromatic carbocycles. The number of rotatable bonds is 5. The molecule has 0 spiro atoms. The van der Waals surface area contributed by atoms with Crippen molar-refractivity contribution in [3.05, 3.63) is 76.2 Å². The van der Waals surface area contributed by atoms with Gasteiger partial charge in [-0.2, -0.15) is 0 Å². The Morgan fingerprint density at radius 3 is 2.33 bits per heavy atom. The molecule has 5 heteroatoms. The molecule has 3 aromatic rings. The minimum Gasteiger partial charge on any atom is -0.497 e. The molecule has 0 N–H and O–H groups in total. The largest absolute Gasteiger partial charge is 0.497 e. The SMILES string of the molecule is COc1ccc(CN2CCc3nc(C(C)C)nc(-c4ccc(Cl)cc4)c3CC2)cc1. The summed E-state index contributed by atoms with van der Waals surface area (Å²) >= 11 is 6.12. The van der Waals surface area contributed by atoms with Crippen molar-refractivity contribution >= 4 is 11.6 Å². The number of hydrogen-bond donors (Lipinski definition) is 0. The molecule has 0 saturated carbocycles. The van der Waals surface area contributed by atoms with Crippen LogP contribution in [0.1, 0.15) is 42.4 Å². The lowest BCUT2D eigenvalue weighted by Crippen LogP contribution is -2.25. The quantitative estimate of drug-likeness (QED) is 0.542. The highest BCUT2D eigenvalue weighted by atomic mass is 35.5. The van der Waals surface area contributed by atoms with Crippen LogP contribution in [0.3, 0.4) is 0 Å². The van der Waals surface area contributed by atoms with E-state index >= 15 is 0 Å². The Kier molecular flexibility index (Phi) is 6.35. The average Bonchev–Trinajstić information content (AvgIpc) is 2.96. The maximum Gasteiger partial charge on any atom is 0.131 e. The number of methoxy groups -OCH3 is 1. The summed E-state index contributed by atoms with van der Waals surface area (Å²) in [6, 6.07) is 16.4. The topological polar surface area (TPSA) is 38.2 Å². The summed E-state index contributed by atoms with van der Waals surface area (Å²) in [7, 11) is 1.70. The van der Waals surface area contributed by atoms with Gasteiger partial charge in [0.15, 0.2) is 0 Å². The molecule has 0 bridgehead atoms. The molecule has 0 radical (unpaired) electrons. The Morgan fingerprint density at radius 1 is 0.967 bits per heavy atom. The van der Waals surface area contributed by atoms with Gasteiger partial charge in [-0.3, -0.25) is 4.90 Å². The highest BCUT2D eigenvalue weighted by molar-refractivity contribution is 6.30. The highest BCUT2D eigenvalue weighted by Crippen LogP contribution is 2.29. The van der Waals surface area contributed by atoms with E-state index in [0.29, 0.717) is 5.92 Å². The van der Waals surface area contributed by atoms with E-state index in [1.54, 1.807) is 7.11 Å². The smallest absolute Gasteiger partial charge is 0.131 e. The van der Waals surface area contributed by atoms with Gasteiger partial charge in [0.2, 0.25) is 0 Å². The summed E-state index contributed by atoms with van der Waals surface area (Å²) in [6.07, 6.45) is 1.89. The number of hydrogen-bond acceptors (Lipinski definition) is 4. The molecule has 0 amide bonds. The van der Waals surface area contributed by atoms with Gasteiger partial charge in [0, 0.05) is 53.8 Å². The molecule has 1 aliphatic rings. The van der Waals surface area contributed by atoms with Crippen LogP contribution in [0.25, 0.3) is 11.3 Å². The first-order valence-electron chi connectivity index (χ1n) is 10.5. The molecule has 0 atom stereocenters. The van der Waals surface area contributed by atoms with Crippen LogP contribution in [0.2, 0.25) is 5.02 Å². The van der Waals surface area contributed by atoms with Crippen LogP contribution in [0.4, 0.5) is 0 Å². The van der Waals surface area contributed by atoms with E-state index in [4.69, 9.17) is 26.3 Å². The first kappa shape index (κ1) is 20.8. The highest BCUT2D eigenvalue weighted by Gasteiger charge is 2.22. The van der Waals surface area contributed by atoms with E-state index in [1.165, 1.54) is 16.8 Å². The Labute approximate surface area is 183 Å². The third kappa shape index (κ3) is 4.66. The minimum atomic E-state index is 0.292. The zero-order valence-corrected chi connectivity index (χ0v) is 18.6. The number of ether oxygens (including phenoxy) is 1. The van der Waals surface area contributed by atoms with Crippen LogP contribution in [0.5, 0.6) is 5.75 Å². The first-order chi connectivity index (χ1) is 14.5. The van der Waals surface area contributed by atoms with E-state index in [0.717, 1.165) is 60.3 Å². The van der Waals surface area contributed by atoms with Crippen LogP contribution >= 0.6 is 11.6 Å². The van der Waals surface area contributed by atoms with Gasteiger partial charge in [0.1, 0.15) is 11.6 Å². The molecule has 0 saturated heterocycles. The second-order valence-corrected chi connectivity index (χ2v) is 8.58. The zero-order chi connectivity index (χ0) is 21.1. The summed E-state index contributed by atoms with van der Waals surface area (Å²) in [5.74, 6) is 2.11. The molecule has 0 aliphatic carbocycles. The summed E-state index contributed by atoms with van der Waals surface area (Å²) < 4.78 is 5.28. The normalized spacial score (nSPS) is 14.4. The predicted molar refractivity (Wildman–Crippen MR) is 122 cm³/mol. The predicted octanol–water partition coefficient (Wildman–Crippen LogP) is 5.53. The Hall–Kier alpha value is -2.43. The van der Waals surface area contributed by atoms with Gasteiger partial charge < -0.3 is 4.74 Å². The van der Waals surface area contributed by atoms with Gasteiger partial charge >= 0.3 is 0 Å². The van der Waals surface area contributed by atoms with Crippen molar-refractivity contribution in [2.45, 2.75) is 39.2 Å². The Morgan fingerprint density at radius 2 is 1.67 bits per heavy atom. The molecule has 2 heterocycles. The van der Waals surface area contributed by atoms with E-state index in [-0.39, 0.29) is 0 Å². The second kappa shape index (κ2) is 9.15. The third-order valence-corrected chi connectivity index (χ3v) is 5.90. The Balaban J connectivity index is 1.61. The van der Waals surface area contributed by atoms with Crippen LogP contribution in [0.15, 0.2) is 48.5 Å². The molecular formula is C25H28ClN3O. The number of benzene rings is 2. The average molecular weight is 422 g/mol. The molecule has 4 nitrogen and oxygen atoms in total. The monoisotopic (exact) mass is 421 g/mol. The molecule has 1 aromatic heterocycles. The number of aromatic nitrogens is 2. The molecular weight excluding hydrogens is 394 g/mol. The number of fused-ring (bicyclic) bond motifs is 1. The van der Waals surface area contributed by atoms with E-state index in [9.17, 15) is 0 Å². The van der Waals surface area contributed by atoms with Gasteiger partial charge in [-0.15, -0.1) is 0 Å². The van der Waals surface area contributed by atoms with E-state index in [1.807, 2.05) is 24.3 Å². The summed E-state index contributed by atoms with van der Waals surface area (Å²) in [5, 5.41) is 0.744. The lowest BCUT2D eigenvalue weighted by Gasteiger charge is -2.19. The molecule has 30 heavy (non-hydrogen) atoms. The lowest BCUT2D eigenvalue weighted by atomic mass is 10.00. The fraction of sp³-hybridized carbons (Fsp3) is 0.360. The zero-order valence-electron chi connectivity index (χ0n) is 17.9. The van der Waals surface area contributed by atoms with Gasteiger partial charge in [-0.05, 0) is 36.2 Å². The van der Waals surface area contributed by atoms with Crippen LogP contribution in [-0.2, 0) is 19.4 Å². The lowest BCUT2D eigenvalue weighted by molar-refractivity contribution is 0.279. The van der Waals surface area contributed by atoms with Gasteiger partial charge in [0.05, 0.1) is 12.8 Å².